The van der Waals surface area contributed by atoms with Gasteiger partial charge in [0, 0.05) is 11.9 Å². The molecule has 0 aliphatic heterocycles. The number of rotatable bonds is 7. The van der Waals surface area contributed by atoms with Crippen LogP contribution < -0.4 is 0 Å². The molecule has 0 spiro atoms. The zero-order valence-corrected chi connectivity index (χ0v) is 17.4. The molecule has 0 saturated carbocycles. The van der Waals surface area contributed by atoms with Crippen LogP contribution in [-0.2, 0) is 25.9 Å². The van der Waals surface area contributed by atoms with E-state index in [1.54, 1.807) is 22.9 Å². The van der Waals surface area contributed by atoms with Crippen molar-refractivity contribution in [1.29, 1.82) is 0 Å². The minimum absolute atomic E-state index is 0.0155. The highest BCUT2D eigenvalue weighted by Crippen LogP contribution is 2.27. The number of aromatic nitrogens is 3. The number of thioether (sulfide) groups is 1. The third-order valence-electron chi connectivity index (χ3n) is 4.05. The van der Waals surface area contributed by atoms with E-state index in [1.165, 1.54) is 18.0 Å². The molecule has 0 aliphatic carbocycles. The molecule has 148 valence electrons. The normalized spacial score (nSPS) is 11.5. The Labute approximate surface area is 168 Å². The lowest BCUT2D eigenvalue weighted by Crippen LogP contribution is -2.15. The van der Waals surface area contributed by atoms with E-state index in [9.17, 15) is 13.2 Å². The van der Waals surface area contributed by atoms with Gasteiger partial charge in [-0.3, -0.25) is 9.48 Å². The smallest absolute Gasteiger partial charge is 0.328 e. The topological polar surface area (TPSA) is 94.1 Å². The molecule has 2 heterocycles. The first-order chi connectivity index (χ1) is 13.3. The second kappa shape index (κ2) is 8.24. The Kier molecular flexibility index (Phi) is 5.95. The van der Waals surface area contributed by atoms with Gasteiger partial charge in [-0.05, 0) is 49.1 Å². The molecule has 3 rings (SSSR count). The average Bonchev–Trinajstić information content (AvgIpc) is 3.26. The number of hydrogen-bond donors (Lipinski definition) is 1. The summed E-state index contributed by atoms with van der Waals surface area (Å²) in [6.45, 7) is 1.87. The van der Waals surface area contributed by atoms with Crippen LogP contribution in [0.3, 0.4) is 0 Å². The summed E-state index contributed by atoms with van der Waals surface area (Å²) in [7, 11) is -3.28. The lowest BCUT2D eigenvalue weighted by atomic mass is 10.2. The molecule has 0 unspecified atom stereocenters. The summed E-state index contributed by atoms with van der Waals surface area (Å²) >= 11 is 1.43. The van der Waals surface area contributed by atoms with Gasteiger partial charge in [0.25, 0.3) is 0 Å². The van der Waals surface area contributed by atoms with Gasteiger partial charge in [-0.2, -0.15) is 5.10 Å². The van der Waals surface area contributed by atoms with Gasteiger partial charge in [0.15, 0.2) is 9.84 Å². The molecule has 0 atom stereocenters. The number of ether oxygens (including phenoxy) is 1. The van der Waals surface area contributed by atoms with Crippen molar-refractivity contribution in [2.45, 2.75) is 18.4 Å². The van der Waals surface area contributed by atoms with Crippen molar-refractivity contribution in [3.63, 3.8) is 0 Å². The molecule has 0 bridgehead atoms. The molecule has 1 N–H and O–H groups in total. The lowest BCUT2D eigenvalue weighted by Gasteiger charge is -2.07. The van der Waals surface area contributed by atoms with Gasteiger partial charge in [0.1, 0.15) is 12.5 Å². The van der Waals surface area contributed by atoms with E-state index in [-0.39, 0.29) is 17.4 Å². The molecule has 28 heavy (non-hydrogen) atoms. The molecule has 2 aromatic heterocycles. The predicted octanol–water partition coefficient (Wildman–Crippen LogP) is 3.12. The number of aryl methyl sites for hydroxylation is 1. The molecule has 0 aliphatic rings. The van der Waals surface area contributed by atoms with Gasteiger partial charge in [-0.1, -0.05) is 12.1 Å². The number of carbonyl (C=O) groups excluding carboxylic acids is 1. The third-order valence-corrected chi connectivity index (χ3v) is 5.52. The summed E-state index contributed by atoms with van der Waals surface area (Å²) in [4.78, 5) is 15.5. The Morgan fingerprint density at radius 1 is 1.21 bits per heavy atom. The quantitative estimate of drug-likeness (QED) is 0.467. The van der Waals surface area contributed by atoms with Crippen LogP contribution in [0.25, 0.3) is 22.6 Å². The Morgan fingerprint density at radius 2 is 1.96 bits per heavy atom. The first kappa shape index (κ1) is 20.2. The maximum absolute atomic E-state index is 12.0. The highest BCUT2D eigenvalue weighted by molar-refractivity contribution is 7.98. The van der Waals surface area contributed by atoms with Gasteiger partial charge in [-0.25, -0.2) is 8.42 Å². The summed E-state index contributed by atoms with van der Waals surface area (Å²) in [6.07, 6.45) is 3.04. The minimum Gasteiger partial charge on any atom is -0.453 e. The summed E-state index contributed by atoms with van der Waals surface area (Å²) in [6, 6.07) is 12.4. The van der Waals surface area contributed by atoms with Crippen molar-refractivity contribution in [1.82, 2.24) is 14.8 Å². The van der Waals surface area contributed by atoms with E-state index in [0.29, 0.717) is 5.94 Å². The van der Waals surface area contributed by atoms with Gasteiger partial charge >= 0.3 is 5.97 Å². The Bertz CT molecular complexity index is 1100. The highest BCUT2D eigenvalue weighted by Gasteiger charge is 2.15. The van der Waals surface area contributed by atoms with Crippen LogP contribution in [0.15, 0.2) is 47.4 Å². The Balaban J connectivity index is 1.90. The second-order valence-corrected chi connectivity index (χ2v) is 9.17. The Hall–Kier alpha value is -2.52. The number of nitrogens with zero attached hydrogens (tertiary/aromatic N) is 2. The largest absolute Gasteiger partial charge is 0.453 e. The molecule has 0 radical (unpaired) electrons. The number of benzene rings is 1. The van der Waals surface area contributed by atoms with Crippen molar-refractivity contribution < 1.29 is 17.9 Å². The molecule has 3 aromatic rings. The molecule has 1 aromatic carbocycles. The molecule has 7 nitrogen and oxygen atoms in total. The van der Waals surface area contributed by atoms with Gasteiger partial charge in [0.05, 0.1) is 22.0 Å². The number of hydrogen-bond acceptors (Lipinski definition) is 6. The summed E-state index contributed by atoms with van der Waals surface area (Å²) in [5, 5.41) is 4.37. The molecular formula is C19H21N3O4S2. The lowest BCUT2D eigenvalue weighted by molar-refractivity contribution is -0.142. The van der Waals surface area contributed by atoms with Crippen molar-refractivity contribution in [2.24, 2.45) is 0 Å². The standard InChI is InChI=1S/C19H21N3O4S2/c1-13-9-18(22(21-13)11-19(23)26-12-27-2)17-8-7-16(20-17)14-5-4-6-15(10-14)28(3,24)25/h4-10,20H,11-12H2,1-3H3. The Morgan fingerprint density at radius 3 is 2.68 bits per heavy atom. The van der Waals surface area contributed by atoms with E-state index in [4.69, 9.17) is 4.74 Å². The van der Waals surface area contributed by atoms with Gasteiger partial charge in [0.2, 0.25) is 0 Å². The molecule has 9 heteroatoms. The number of sulfone groups is 1. The second-order valence-electron chi connectivity index (χ2n) is 6.34. The number of nitrogens with one attached hydrogen (secondary N) is 1. The minimum atomic E-state index is -3.28. The predicted molar refractivity (Wildman–Crippen MR) is 110 cm³/mol. The van der Waals surface area contributed by atoms with Crippen molar-refractivity contribution in [3.05, 3.63) is 48.2 Å². The van der Waals surface area contributed by atoms with Gasteiger partial charge in [-0.15, -0.1) is 11.8 Å². The molecular weight excluding hydrogens is 398 g/mol. The zero-order valence-electron chi connectivity index (χ0n) is 15.8. The fraction of sp³-hybridized carbons (Fsp3) is 0.263. The molecule has 0 fully saturated rings. The van der Waals surface area contributed by atoms with Crippen LogP contribution in [0.5, 0.6) is 0 Å². The first-order valence-electron chi connectivity index (χ1n) is 8.47. The van der Waals surface area contributed by atoms with Crippen LogP contribution in [0, 0.1) is 6.92 Å². The maximum Gasteiger partial charge on any atom is 0.328 e. The van der Waals surface area contributed by atoms with Crippen LogP contribution in [0.2, 0.25) is 0 Å². The highest BCUT2D eigenvalue weighted by atomic mass is 32.2. The third kappa shape index (κ3) is 4.66. The summed E-state index contributed by atoms with van der Waals surface area (Å²) in [5.74, 6) is -0.0519. The van der Waals surface area contributed by atoms with Crippen molar-refractivity contribution >= 4 is 27.6 Å². The summed E-state index contributed by atoms with van der Waals surface area (Å²) < 4.78 is 30.3. The maximum atomic E-state index is 12.0. The van der Waals surface area contributed by atoms with E-state index in [1.807, 2.05) is 37.4 Å². The van der Waals surface area contributed by atoms with Crippen LogP contribution in [-0.4, -0.2) is 47.6 Å². The fourth-order valence-corrected chi connectivity index (χ4v) is 3.70. The van der Waals surface area contributed by atoms with Gasteiger partial charge < -0.3 is 9.72 Å². The van der Waals surface area contributed by atoms with Crippen LogP contribution in [0.1, 0.15) is 5.69 Å². The van der Waals surface area contributed by atoms with Crippen molar-refractivity contribution in [3.8, 4) is 22.6 Å². The SMILES string of the molecule is CSCOC(=O)Cn1nc(C)cc1-c1ccc(-c2cccc(S(C)(=O)=O)c2)[nH]1. The van der Waals surface area contributed by atoms with Crippen molar-refractivity contribution in [2.75, 3.05) is 18.5 Å². The average molecular weight is 420 g/mol. The van der Waals surface area contributed by atoms with E-state index >= 15 is 0 Å². The molecule has 0 amide bonds. The van der Waals surface area contributed by atoms with E-state index in [0.717, 1.165) is 28.3 Å². The number of carbonyl (C=O) groups is 1. The fourth-order valence-electron chi connectivity index (χ4n) is 2.78. The first-order valence-corrected chi connectivity index (χ1v) is 11.8. The molecule has 0 saturated heterocycles. The number of H-pyrrole nitrogens is 1. The summed E-state index contributed by atoms with van der Waals surface area (Å²) in [5.41, 5.74) is 3.84. The van der Waals surface area contributed by atoms with Crippen LogP contribution >= 0.6 is 11.8 Å². The zero-order chi connectivity index (χ0) is 20.3. The van der Waals surface area contributed by atoms with E-state index < -0.39 is 9.84 Å². The monoisotopic (exact) mass is 419 g/mol. The van der Waals surface area contributed by atoms with Crippen LogP contribution in [0.4, 0.5) is 0 Å². The number of aromatic amines is 1. The number of esters is 1. The van der Waals surface area contributed by atoms with E-state index in [2.05, 4.69) is 10.1 Å².